The zero-order valence-electron chi connectivity index (χ0n) is 17.8. The number of nitrogens with zero attached hydrogens (tertiary/aromatic N) is 4. The summed E-state index contributed by atoms with van der Waals surface area (Å²) in [6.45, 7) is 13.5. The topological polar surface area (TPSA) is 105 Å². The molecule has 2 N–H and O–H groups in total. The molecule has 1 saturated heterocycles. The van der Waals surface area contributed by atoms with Crippen molar-refractivity contribution >= 4 is 36.0 Å². The molecule has 0 aliphatic carbocycles. The Morgan fingerprint density at radius 3 is 2.54 bits per heavy atom. The van der Waals surface area contributed by atoms with Crippen molar-refractivity contribution in [1.29, 1.82) is 0 Å². The third-order valence-corrected chi connectivity index (χ3v) is 3.93. The first-order valence-corrected chi connectivity index (χ1v) is 9.26. The summed E-state index contributed by atoms with van der Waals surface area (Å²) in [5.41, 5.74) is -0.682. The van der Waals surface area contributed by atoms with Gasteiger partial charge in [0.15, 0.2) is 11.8 Å². The van der Waals surface area contributed by atoms with Crippen LogP contribution in [0.4, 0.5) is 4.79 Å². The van der Waals surface area contributed by atoms with Gasteiger partial charge in [-0.25, -0.2) is 4.79 Å². The number of ether oxygens (including phenoxy) is 1. The molecule has 1 amide bonds. The van der Waals surface area contributed by atoms with Gasteiger partial charge in [0.1, 0.15) is 5.60 Å². The van der Waals surface area contributed by atoms with Crippen molar-refractivity contribution in [2.75, 3.05) is 20.1 Å². The highest BCUT2D eigenvalue weighted by Gasteiger charge is 2.28. The Morgan fingerprint density at radius 1 is 1.32 bits per heavy atom. The minimum Gasteiger partial charge on any atom is -0.444 e. The van der Waals surface area contributed by atoms with Crippen molar-refractivity contribution in [2.24, 2.45) is 4.99 Å². The highest BCUT2D eigenvalue weighted by Crippen LogP contribution is 2.19. The first-order valence-electron chi connectivity index (χ1n) is 9.26. The second-order valence-corrected chi connectivity index (χ2v) is 8.74. The summed E-state index contributed by atoms with van der Waals surface area (Å²) in [5.74, 6) is 1.94. The Labute approximate surface area is 184 Å². The normalized spacial score (nSPS) is 17.9. The van der Waals surface area contributed by atoms with Crippen LogP contribution in [-0.2, 0) is 16.7 Å². The average Bonchev–Trinajstić information content (AvgIpc) is 3.15. The van der Waals surface area contributed by atoms with Crippen molar-refractivity contribution in [1.82, 2.24) is 25.7 Å². The Bertz CT molecular complexity index is 678. The van der Waals surface area contributed by atoms with Gasteiger partial charge in [-0.1, -0.05) is 25.9 Å². The fraction of sp³-hybridized carbons (Fsp3) is 0.778. The minimum absolute atomic E-state index is 0. The second kappa shape index (κ2) is 9.75. The maximum absolute atomic E-state index is 11.9. The summed E-state index contributed by atoms with van der Waals surface area (Å²) < 4.78 is 10.6. The fourth-order valence-electron chi connectivity index (χ4n) is 2.67. The predicted molar refractivity (Wildman–Crippen MR) is 118 cm³/mol. The lowest BCUT2D eigenvalue weighted by molar-refractivity contribution is 0.0507. The number of alkyl carbamates (subject to hydrolysis) is 1. The van der Waals surface area contributed by atoms with E-state index in [2.05, 4.69) is 30.7 Å². The molecular formula is C18H33IN6O3. The van der Waals surface area contributed by atoms with E-state index in [0.717, 1.165) is 18.9 Å². The van der Waals surface area contributed by atoms with E-state index in [1.54, 1.807) is 7.05 Å². The third-order valence-electron chi connectivity index (χ3n) is 3.93. The van der Waals surface area contributed by atoms with Crippen molar-refractivity contribution < 1.29 is 14.1 Å². The van der Waals surface area contributed by atoms with E-state index in [-0.39, 0.29) is 41.5 Å². The van der Waals surface area contributed by atoms with Crippen molar-refractivity contribution in [3.63, 3.8) is 0 Å². The fourth-order valence-corrected chi connectivity index (χ4v) is 2.67. The van der Waals surface area contributed by atoms with Crippen molar-refractivity contribution in [3.8, 4) is 0 Å². The Hall–Kier alpha value is -1.59. The number of rotatable bonds is 3. The first-order chi connectivity index (χ1) is 12.5. The minimum atomic E-state index is -0.504. The molecule has 0 radical (unpaired) electrons. The zero-order chi connectivity index (χ0) is 20.2. The molecule has 9 nitrogen and oxygen atoms in total. The lowest BCUT2D eigenvalue weighted by Gasteiger charge is -2.23. The van der Waals surface area contributed by atoms with Gasteiger partial charge in [-0.15, -0.1) is 24.0 Å². The molecule has 1 unspecified atom stereocenters. The summed E-state index contributed by atoms with van der Waals surface area (Å²) in [7, 11) is 1.73. The van der Waals surface area contributed by atoms with Crippen LogP contribution in [0, 0.1) is 0 Å². The molecule has 1 aliphatic rings. The van der Waals surface area contributed by atoms with Gasteiger partial charge in [0.2, 0.25) is 5.89 Å². The van der Waals surface area contributed by atoms with E-state index in [1.165, 1.54) is 0 Å². The van der Waals surface area contributed by atoms with Gasteiger partial charge in [0.25, 0.3) is 0 Å². The lowest BCUT2D eigenvalue weighted by Crippen LogP contribution is -2.44. The van der Waals surface area contributed by atoms with Crippen LogP contribution in [0.25, 0.3) is 0 Å². The Balaban J connectivity index is 0.00000392. The largest absolute Gasteiger partial charge is 0.444 e. The van der Waals surface area contributed by atoms with Crippen LogP contribution in [0.5, 0.6) is 0 Å². The van der Waals surface area contributed by atoms with Gasteiger partial charge < -0.3 is 24.8 Å². The van der Waals surface area contributed by atoms with Gasteiger partial charge in [-0.05, 0) is 27.2 Å². The molecule has 160 valence electrons. The molecule has 1 aromatic rings. The van der Waals surface area contributed by atoms with Gasteiger partial charge in [0.05, 0.1) is 12.6 Å². The number of halogens is 1. The van der Waals surface area contributed by atoms with Gasteiger partial charge >= 0.3 is 6.09 Å². The van der Waals surface area contributed by atoms with E-state index >= 15 is 0 Å². The first kappa shape index (κ1) is 24.4. The number of nitrogens with one attached hydrogen (secondary N) is 2. The molecule has 1 aromatic heterocycles. The van der Waals surface area contributed by atoms with Crippen LogP contribution in [0.1, 0.15) is 59.7 Å². The number of aliphatic imine (C=N–C) groups is 1. The third kappa shape index (κ3) is 7.44. The summed E-state index contributed by atoms with van der Waals surface area (Å²) >= 11 is 0. The van der Waals surface area contributed by atoms with Crippen LogP contribution in [-0.4, -0.2) is 58.9 Å². The molecule has 0 bridgehead atoms. The molecule has 1 atom stereocenters. The predicted octanol–water partition coefficient (Wildman–Crippen LogP) is 2.66. The molecule has 2 rings (SSSR count). The van der Waals surface area contributed by atoms with Crippen LogP contribution in [0.15, 0.2) is 9.52 Å². The van der Waals surface area contributed by atoms with Crippen LogP contribution >= 0.6 is 24.0 Å². The summed E-state index contributed by atoms with van der Waals surface area (Å²) in [4.78, 5) is 22.8. The number of amides is 1. The highest BCUT2D eigenvalue weighted by atomic mass is 127. The number of hydrogen-bond acceptors (Lipinski definition) is 6. The molecule has 1 fully saturated rings. The quantitative estimate of drug-likeness (QED) is 0.368. The maximum Gasteiger partial charge on any atom is 0.407 e. The zero-order valence-corrected chi connectivity index (χ0v) is 20.2. The molecular weight excluding hydrogens is 475 g/mol. The number of aromatic nitrogens is 2. The molecule has 0 aromatic carbocycles. The number of carbonyl (C=O) groups is 1. The SMILES string of the molecule is CN=C(NCc1noc(C(C)(C)C)n1)N1CCC(NC(=O)OC(C)(C)C)C1.I. The molecule has 0 spiro atoms. The number of carbonyl (C=O) groups excluding carboxylic acids is 1. The average molecular weight is 508 g/mol. The van der Waals surface area contributed by atoms with E-state index < -0.39 is 5.60 Å². The smallest absolute Gasteiger partial charge is 0.407 e. The summed E-state index contributed by atoms with van der Waals surface area (Å²) in [5, 5.41) is 10.2. The van der Waals surface area contributed by atoms with Crippen molar-refractivity contribution in [3.05, 3.63) is 11.7 Å². The maximum atomic E-state index is 11.9. The van der Waals surface area contributed by atoms with Gasteiger partial charge in [0, 0.05) is 25.6 Å². The standard InChI is InChI=1S/C18H32N6O3.HI/c1-17(2,3)14-22-13(23-27-14)10-20-15(19-7)24-9-8-12(11-24)21-16(25)26-18(4,5)6;/h12H,8-11H2,1-7H3,(H,19,20)(H,21,25);1H. The number of likely N-dealkylation sites (tertiary alicyclic amines) is 1. The highest BCUT2D eigenvalue weighted by molar-refractivity contribution is 14.0. The van der Waals surface area contributed by atoms with Crippen LogP contribution < -0.4 is 10.6 Å². The molecule has 28 heavy (non-hydrogen) atoms. The number of hydrogen-bond donors (Lipinski definition) is 2. The lowest BCUT2D eigenvalue weighted by atomic mass is 9.97. The Kier molecular flexibility index (Phi) is 8.51. The van der Waals surface area contributed by atoms with Gasteiger partial charge in [-0.2, -0.15) is 4.98 Å². The Morgan fingerprint density at radius 2 is 2.00 bits per heavy atom. The van der Waals surface area contributed by atoms with Crippen molar-refractivity contribution in [2.45, 2.75) is 71.6 Å². The van der Waals surface area contributed by atoms with E-state index in [1.807, 2.05) is 41.5 Å². The molecule has 2 heterocycles. The van der Waals surface area contributed by atoms with E-state index in [4.69, 9.17) is 9.26 Å². The summed E-state index contributed by atoms with van der Waals surface area (Å²) in [6, 6.07) is 0.0241. The van der Waals surface area contributed by atoms with E-state index in [9.17, 15) is 4.79 Å². The monoisotopic (exact) mass is 508 g/mol. The summed E-state index contributed by atoms with van der Waals surface area (Å²) in [6.07, 6.45) is 0.440. The van der Waals surface area contributed by atoms with Crippen LogP contribution in [0.2, 0.25) is 0 Å². The molecule has 10 heteroatoms. The van der Waals surface area contributed by atoms with E-state index in [0.29, 0.717) is 24.8 Å². The van der Waals surface area contributed by atoms with Gasteiger partial charge in [-0.3, -0.25) is 4.99 Å². The number of guanidine groups is 1. The van der Waals surface area contributed by atoms with Crippen LogP contribution in [0.3, 0.4) is 0 Å². The molecule has 0 saturated carbocycles. The second-order valence-electron chi connectivity index (χ2n) is 8.74. The molecule has 1 aliphatic heterocycles.